The van der Waals surface area contributed by atoms with Gasteiger partial charge in [-0.3, -0.25) is 0 Å². The molecule has 2 rings (SSSR count). The standard InChI is InChI=1S/C12H13S/c1-11(13-9-5-6-10-13)12-7-3-2-4-8-12/h2-11,13H,1H2. The maximum Gasteiger partial charge on any atom is 0.0181 e. The topological polar surface area (TPSA) is 0 Å². The summed E-state index contributed by atoms with van der Waals surface area (Å²) in [6.45, 7) is 4.22. The molecule has 0 bridgehead atoms. The first-order valence-electron chi connectivity index (χ1n) is 4.38. The molecule has 0 amide bonds. The third kappa shape index (κ3) is 1.86. The van der Waals surface area contributed by atoms with Gasteiger partial charge in [0.15, 0.2) is 0 Å². The van der Waals surface area contributed by atoms with Gasteiger partial charge in [-0.25, -0.2) is 10.9 Å². The van der Waals surface area contributed by atoms with Crippen LogP contribution in [0.1, 0.15) is 10.8 Å². The van der Waals surface area contributed by atoms with Gasteiger partial charge in [-0.05, 0) is 23.3 Å². The molecule has 0 spiro atoms. The summed E-state index contributed by atoms with van der Waals surface area (Å²) < 4.78 is 0. The molecule has 13 heavy (non-hydrogen) atoms. The molecule has 1 unspecified atom stereocenters. The fourth-order valence-electron chi connectivity index (χ4n) is 1.40. The maximum atomic E-state index is 4.22. The summed E-state index contributed by atoms with van der Waals surface area (Å²) in [5.41, 5.74) is 1.34. The van der Waals surface area contributed by atoms with Crippen molar-refractivity contribution in [3.05, 3.63) is 65.8 Å². The van der Waals surface area contributed by atoms with Crippen LogP contribution in [0.25, 0.3) is 0 Å². The van der Waals surface area contributed by atoms with Gasteiger partial charge in [0.25, 0.3) is 0 Å². The lowest BCUT2D eigenvalue weighted by Gasteiger charge is -2.19. The summed E-state index contributed by atoms with van der Waals surface area (Å²) in [5, 5.41) is 4.94. The van der Waals surface area contributed by atoms with Crippen LogP contribution < -0.4 is 0 Å². The van der Waals surface area contributed by atoms with Crippen LogP contribution in [-0.4, -0.2) is 0 Å². The van der Waals surface area contributed by atoms with Crippen molar-refractivity contribution in [2.24, 2.45) is 0 Å². The van der Waals surface area contributed by atoms with Gasteiger partial charge in [-0.2, -0.15) is 0 Å². The lowest BCUT2D eigenvalue weighted by molar-refractivity contribution is 1.23. The zero-order valence-electron chi connectivity index (χ0n) is 7.43. The average Bonchev–Trinajstić information content (AvgIpc) is 2.71. The van der Waals surface area contributed by atoms with Gasteiger partial charge in [0, 0.05) is 5.25 Å². The normalized spacial score (nSPS) is 19.3. The Morgan fingerprint density at radius 1 is 1.00 bits per heavy atom. The van der Waals surface area contributed by atoms with E-state index in [0.29, 0.717) is 5.25 Å². The van der Waals surface area contributed by atoms with Crippen molar-refractivity contribution in [2.75, 3.05) is 0 Å². The monoisotopic (exact) mass is 189 g/mol. The highest BCUT2D eigenvalue weighted by atomic mass is 32.2. The van der Waals surface area contributed by atoms with Crippen LogP contribution in [0, 0.1) is 6.92 Å². The van der Waals surface area contributed by atoms with Gasteiger partial charge in [-0.1, -0.05) is 42.5 Å². The molecular weight excluding hydrogens is 176 g/mol. The Morgan fingerprint density at radius 3 is 2.23 bits per heavy atom. The minimum atomic E-state index is -0.155. The quantitative estimate of drug-likeness (QED) is 0.675. The minimum absolute atomic E-state index is 0.155. The van der Waals surface area contributed by atoms with E-state index in [1.807, 2.05) is 6.07 Å². The van der Waals surface area contributed by atoms with E-state index in [0.717, 1.165) is 0 Å². The Kier molecular flexibility index (Phi) is 2.55. The van der Waals surface area contributed by atoms with Gasteiger partial charge in [0.05, 0.1) is 0 Å². The molecule has 1 heterocycles. The number of rotatable bonds is 2. The molecule has 1 aliphatic heterocycles. The van der Waals surface area contributed by atoms with Crippen LogP contribution in [0.15, 0.2) is 53.3 Å². The predicted molar refractivity (Wildman–Crippen MR) is 61.8 cm³/mol. The van der Waals surface area contributed by atoms with Gasteiger partial charge < -0.3 is 0 Å². The zero-order chi connectivity index (χ0) is 9.10. The molecule has 1 aromatic rings. The summed E-state index contributed by atoms with van der Waals surface area (Å²) in [6.07, 6.45) is 4.24. The van der Waals surface area contributed by atoms with Crippen molar-refractivity contribution >= 4 is 10.9 Å². The van der Waals surface area contributed by atoms with Crippen molar-refractivity contribution in [1.82, 2.24) is 0 Å². The number of thiol groups is 1. The highest BCUT2D eigenvalue weighted by molar-refractivity contribution is 8.22. The van der Waals surface area contributed by atoms with Crippen LogP contribution in [0.3, 0.4) is 0 Å². The summed E-state index contributed by atoms with van der Waals surface area (Å²) >= 11 is 0. The Balaban J connectivity index is 2.18. The predicted octanol–water partition coefficient (Wildman–Crippen LogP) is 3.60. The third-order valence-corrected chi connectivity index (χ3v) is 4.22. The molecule has 0 N–H and O–H groups in total. The highest BCUT2D eigenvalue weighted by Gasteiger charge is 2.11. The van der Waals surface area contributed by atoms with Gasteiger partial charge >= 0.3 is 0 Å². The van der Waals surface area contributed by atoms with Crippen LogP contribution in [0.4, 0.5) is 0 Å². The van der Waals surface area contributed by atoms with Crippen molar-refractivity contribution in [3.63, 3.8) is 0 Å². The molecule has 1 atom stereocenters. The molecule has 1 radical (unpaired) electrons. The van der Waals surface area contributed by atoms with Crippen molar-refractivity contribution in [3.8, 4) is 0 Å². The van der Waals surface area contributed by atoms with Crippen LogP contribution in [-0.2, 0) is 0 Å². The van der Waals surface area contributed by atoms with Crippen LogP contribution >= 0.6 is 10.9 Å². The molecule has 1 aromatic carbocycles. The summed E-state index contributed by atoms with van der Waals surface area (Å²) in [5.74, 6) is 0. The van der Waals surface area contributed by atoms with Crippen molar-refractivity contribution < 1.29 is 0 Å². The van der Waals surface area contributed by atoms with E-state index < -0.39 is 0 Å². The van der Waals surface area contributed by atoms with Crippen LogP contribution in [0.5, 0.6) is 0 Å². The molecule has 0 saturated heterocycles. The summed E-state index contributed by atoms with van der Waals surface area (Å²) in [7, 11) is -0.155. The smallest absolute Gasteiger partial charge is 0.0181 e. The first-order valence-corrected chi connectivity index (χ1v) is 5.93. The Bertz CT molecular complexity index is 312. The molecule has 67 valence electrons. The van der Waals surface area contributed by atoms with E-state index >= 15 is 0 Å². The molecule has 0 aromatic heterocycles. The molecule has 0 aliphatic carbocycles. The lowest BCUT2D eigenvalue weighted by atomic mass is 10.2. The number of hydrogen-bond acceptors (Lipinski definition) is 0. The van der Waals surface area contributed by atoms with Crippen molar-refractivity contribution in [2.45, 2.75) is 5.25 Å². The Morgan fingerprint density at radius 2 is 1.62 bits per heavy atom. The third-order valence-electron chi connectivity index (χ3n) is 2.17. The zero-order valence-corrected chi connectivity index (χ0v) is 8.32. The molecule has 0 saturated carbocycles. The van der Waals surface area contributed by atoms with Crippen molar-refractivity contribution in [1.29, 1.82) is 0 Å². The molecule has 1 aliphatic rings. The van der Waals surface area contributed by atoms with E-state index in [9.17, 15) is 0 Å². The van der Waals surface area contributed by atoms with E-state index in [4.69, 9.17) is 0 Å². The van der Waals surface area contributed by atoms with E-state index in [1.165, 1.54) is 5.56 Å². The second-order valence-corrected chi connectivity index (χ2v) is 5.17. The average molecular weight is 189 g/mol. The largest absolute Gasteiger partial charge is 0.206 e. The fraction of sp³-hybridized carbons (Fsp3) is 0.0833. The summed E-state index contributed by atoms with van der Waals surface area (Å²) in [4.78, 5) is 0. The highest BCUT2D eigenvalue weighted by Crippen LogP contribution is 2.46. The summed E-state index contributed by atoms with van der Waals surface area (Å²) in [6, 6.07) is 10.5. The first-order chi connectivity index (χ1) is 6.38. The molecule has 0 nitrogen and oxygen atoms in total. The second-order valence-electron chi connectivity index (χ2n) is 3.06. The van der Waals surface area contributed by atoms with Crippen LogP contribution in [0.2, 0.25) is 0 Å². The molecule has 1 heteroatoms. The second kappa shape index (κ2) is 3.84. The van der Waals surface area contributed by atoms with E-state index in [-0.39, 0.29) is 10.9 Å². The van der Waals surface area contributed by atoms with Gasteiger partial charge in [0.1, 0.15) is 0 Å². The number of hydrogen-bond donors (Lipinski definition) is 1. The SMILES string of the molecule is [CH2]C(c1ccccc1)[SH]1C=CC=C1. The number of benzene rings is 1. The number of allylic oxidation sites excluding steroid dienone is 2. The van der Waals surface area contributed by atoms with E-state index in [2.05, 4.69) is 54.2 Å². The molecule has 0 fully saturated rings. The minimum Gasteiger partial charge on any atom is -0.206 e. The maximum absolute atomic E-state index is 4.22. The Labute approximate surface area is 82.3 Å². The Hall–Kier alpha value is -0.950. The van der Waals surface area contributed by atoms with E-state index in [1.54, 1.807) is 0 Å². The lowest BCUT2D eigenvalue weighted by Crippen LogP contribution is -1.90. The van der Waals surface area contributed by atoms with Gasteiger partial charge in [-0.15, -0.1) is 0 Å². The van der Waals surface area contributed by atoms with Gasteiger partial charge in [0.2, 0.25) is 0 Å². The first kappa shape index (κ1) is 8.64. The molecular formula is C12H13S. The fourth-order valence-corrected chi connectivity index (χ4v) is 3.03.